The number of hydrogen-bond acceptors (Lipinski definition) is 5. The first-order valence-electron chi connectivity index (χ1n) is 10.2. The van der Waals surface area contributed by atoms with Crippen molar-refractivity contribution in [2.24, 2.45) is 0 Å². The van der Waals surface area contributed by atoms with Crippen molar-refractivity contribution in [2.75, 3.05) is 19.0 Å². The summed E-state index contributed by atoms with van der Waals surface area (Å²) in [6, 6.07) is 6.30. The van der Waals surface area contributed by atoms with E-state index in [0.29, 0.717) is 30.6 Å². The molecule has 1 aliphatic carbocycles. The summed E-state index contributed by atoms with van der Waals surface area (Å²) < 4.78 is 0. The molecule has 0 bridgehead atoms. The fraction of sp³-hybridized carbons (Fsp3) is 0.571. The van der Waals surface area contributed by atoms with Crippen LogP contribution in [0.1, 0.15) is 54.4 Å². The van der Waals surface area contributed by atoms with Gasteiger partial charge in [-0.3, -0.25) is 19.7 Å². The topological polar surface area (TPSA) is 81.8 Å². The first-order chi connectivity index (χ1) is 13.5. The zero-order chi connectivity index (χ0) is 19.8. The second kappa shape index (κ2) is 7.54. The van der Waals surface area contributed by atoms with Crippen LogP contribution in [0.5, 0.6) is 0 Å². The molecule has 28 heavy (non-hydrogen) atoms. The van der Waals surface area contributed by atoms with Gasteiger partial charge in [0.15, 0.2) is 0 Å². The van der Waals surface area contributed by atoms with E-state index in [2.05, 4.69) is 28.6 Å². The predicted molar refractivity (Wildman–Crippen MR) is 106 cm³/mol. The highest BCUT2D eigenvalue weighted by Crippen LogP contribution is 2.32. The Bertz CT molecular complexity index is 809. The van der Waals surface area contributed by atoms with Crippen molar-refractivity contribution in [1.82, 2.24) is 15.5 Å². The van der Waals surface area contributed by atoms with Crippen LogP contribution in [0.15, 0.2) is 18.2 Å². The molecule has 3 aliphatic rings. The molecule has 3 atom stereocenters. The number of anilines is 1. The summed E-state index contributed by atoms with van der Waals surface area (Å²) in [4.78, 5) is 40.4. The Morgan fingerprint density at radius 2 is 1.93 bits per heavy atom. The standard InChI is InChI=1S/C21H28N4O3/c1-22-16-5-3-4-6-17(16)24(2)14-7-8-15-13(11-14)12-25(21(15)28)18-9-10-19(26)23-20(18)27/h7-8,11,16-18,22H,3-6,9-10,12H2,1-2H3,(H,23,26,27)/t16-,17?,18?/m0/s1. The second-order valence-corrected chi connectivity index (χ2v) is 8.10. The molecule has 4 rings (SSSR count). The summed E-state index contributed by atoms with van der Waals surface area (Å²) >= 11 is 0. The molecule has 2 aliphatic heterocycles. The van der Waals surface area contributed by atoms with Crippen LogP contribution < -0.4 is 15.5 Å². The van der Waals surface area contributed by atoms with E-state index in [1.807, 2.05) is 19.2 Å². The monoisotopic (exact) mass is 384 g/mol. The fourth-order valence-electron chi connectivity index (χ4n) is 4.88. The van der Waals surface area contributed by atoms with Gasteiger partial charge in [-0.2, -0.15) is 0 Å². The van der Waals surface area contributed by atoms with Crippen LogP contribution in [-0.2, 0) is 16.1 Å². The SMILES string of the molecule is CN[C@H]1CCCCC1N(C)c1ccc2c(c1)CN(C1CCC(=O)NC1=O)C2=O. The number of nitrogens with zero attached hydrogens (tertiary/aromatic N) is 2. The Balaban J connectivity index is 1.54. The lowest BCUT2D eigenvalue weighted by Crippen LogP contribution is -2.52. The number of piperidine rings is 1. The Kier molecular flexibility index (Phi) is 5.10. The number of carbonyl (C=O) groups excluding carboxylic acids is 3. The number of amides is 3. The minimum absolute atomic E-state index is 0.121. The van der Waals surface area contributed by atoms with Crippen LogP contribution in [0.25, 0.3) is 0 Å². The van der Waals surface area contributed by atoms with Gasteiger partial charge in [0.05, 0.1) is 0 Å². The van der Waals surface area contributed by atoms with E-state index in [-0.39, 0.29) is 24.1 Å². The van der Waals surface area contributed by atoms with Gasteiger partial charge in [0.1, 0.15) is 6.04 Å². The molecule has 2 N–H and O–H groups in total. The lowest BCUT2D eigenvalue weighted by Gasteiger charge is -2.39. The molecule has 1 saturated carbocycles. The molecule has 1 aromatic rings. The Morgan fingerprint density at radius 1 is 1.14 bits per heavy atom. The maximum atomic E-state index is 12.8. The number of rotatable bonds is 4. The van der Waals surface area contributed by atoms with Gasteiger partial charge in [-0.1, -0.05) is 12.8 Å². The molecule has 150 valence electrons. The molecule has 3 amide bonds. The minimum atomic E-state index is -0.564. The van der Waals surface area contributed by atoms with Crippen LogP contribution in [0, 0.1) is 0 Å². The van der Waals surface area contributed by atoms with Crippen molar-refractivity contribution in [3.05, 3.63) is 29.3 Å². The highest BCUT2D eigenvalue weighted by molar-refractivity contribution is 6.05. The summed E-state index contributed by atoms with van der Waals surface area (Å²) in [6.45, 7) is 0.419. The van der Waals surface area contributed by atoms with Gasteiger partial charge in [-0.25, -0.2) is 0 Å². The molecule has 7 heteroatoms. The third kappa shape index (κ3) is 3.28. The average Bonchev–Trinajstić information content (AvgIpc) is 3.03. The van der Waals surface area contributed by atoms with Gasteiger partial charge in [0.25, 0.3) is 5.91 Å². The molecule has 0 aromatic heterocycles. The number of nitrogens with one attached hydrogen (secondary N) is 2. The highest BCUT2D eigenvalue weighted by atomic mass is 16.2. The number of imide groups is 1. The van der Waals surface area contributed by atoms with Crippen molar-refractivity contribution < 1.29 is 14.4 Å². The molecule has 2 unspecified atom stereocenters. The van der Waals surface area contributed by atoms with Gasteiger partial charge in [-0.15, -0.1) is 0 Å². The number of carbonyl (C=O) groups is 3. The maximum absolute atomic E-state index is 12.8. The Morgan fingerprint density at radius 3 is 2.68 bits per heavy atom. The van der Waals surface area contributed by atoms with Gasteiger partial charge in [0.2, 0.25) is 11.8 Å². The van der Waals surface area contributed by atoms with Gasteiger partial charge in [0, 0.05) is 43.3 Å². The normalized spacial score (nSPS) is 27.6. The van der Waals surface area contributed by atoms with E-state index in [0.717, 1.165) is 17.7 Å². The van der Waals surface area contributed by atoms with Crippen molar-refractivity contribution in [3.8, 4) is 0 Å². The highest BCUT2D eigenvalue weighted by Gasteiger charge is 2.39. The molecule has 0 radical (unpaired) electrons. The minimum Gasteiger partial charge on any atom is -0.370 e. The van der Waals surface area contributed by atoms with Crippen LogP contribution in [-0.4, -0.2) is 54.8 Å². The summed E-state index contributed by atoms with van der Waals surface area (Å²) in [5.74, 6) is -0.751. The number of benzene rings is 1. The molecule has 1 aromatic carbocycles. The lowest BCUT2D eigenvalue weighted by molar-refractivity contribution is -0.136. The number of fused-ring (bicyclic) bond motifs is 1. The first kappa shape index (κ1) is 18.9. The number of hydrogen-bond donors (Lipinski definition) is 2. The van der Waals surface area contributed by atoms with Crippen LogP contribution in [0.3, 0.4) is 0 Å². The molecule has 2 heterocycles. The Hall–Kier alpha value is -2.41. The van der Waals surface area contributed by atoms with E-state index in [9.17, 15) is 14.4 Å². The van der Waals surface area contributed by atoms with E-state index in [4.69, 9.17) is 0 Å². The summed E-state index contributed by atoms with van der Waals surface area (Å²) in [6.07, 6.45) is 5.49. The number of likely N-dealkylation sites (N-methyl/N-ethyl adjacent to an activating group) is 2. The molecule has 1 saturated heterocycles. The summed E-state index contributed by atoms with van der Waals surface area (Å²) in [7, 11) is 4.15. The van der Waals surface area contributed by atoms with Crippen molar-refractivity contribution in [1.29, 1.82) is 0 Å². The van der Waals surface area contributed by atoms with Crippen molar-refractivity contribution in [3.63, 3.8) is 0 Å². The zero-order valence-corrected chi connectivity index (χ0v) is 16.5. The predicted octanol–water partition coefficient (Wildman–Crippen LogP) is 1.41. The van der Waals surface area contributed by atoms with Gasteiger partial charge in [-0.05, 0) is 50.1 Å². The van der Waals surface area contributed by atoms with E-state index in [1.165, 1.54) is 19.3 Å². The third-order valence-corrected chi connectivity index (χ3v) is 6.51. The van der Waals surface area contributed by atoms with E-state index < -0.39 is 6.04 Å². The molecular formula is C21H28N4O3. The first-order valence-corrected chi connectivity index (χ1v) is 10.2. The van der Waals surface area contributed by atoms with Crippen LogP contribution >= 0.6 is 0 Å². The largest absolute Gasteiger partial charge is 0.370 e. The quantitative estimate of drug-likeness (QED) is 0.768. The van der Waals surface area contributed by atoms with E-state index >= 15 is 0 Å². The second-order valence-electron chi connectivity index (χ2n) is 8.10. The molecule has 0 spiro atoms. The van der Waals surface area contributed by atoms with Crippen LogP contribution in [0.2, 0.25) is 0 Å². The summed E-state index contributed by atoms with van der Waals surface area (Å²) in [5, 5.41) is 5.80. The van der Waals surface area contributed by atoms with Gasteiger partial charge < -0.3 is 15.1 Å². The molecular weight excluding hydrogens is 356 g/mol. The maximum Gasteiger partial charge on any atom is 0.255 e. The zero-order valence-electron chi connectivity index (χ0n) is 16.5. The fourth-order valence-corrected chi connectivity index (χ4v) is 4.88. The van der Waals surface area contributed by atoms with Crippen molar-refractivity contribution >= 4 is 23.4 Å². The smallest absolute Gasteiger partial charge is 0.255 e. The van der Waals surface area contributed by atoms with E-state index in [1.54, 1.807) is 4.90 Å². The average molecular weight is 384 g/mol. The van der Waals surface area contributed by atoms with Gasteiger partial charge >= 0.3 is 0 Å². The van der Waals surface area contributed by atoms with Crippen LogP contribution in [0.4, 0.5) is 5.69 Å². The van der Waals surface area contributed by atoms with Crippen molar-refractivity contribution in [2.45, 2.75) is 63.2 Å². The lowest BCUT2D eigenvalue weighted by atomic mass is 9.89. The molecule has 7 nitrogen and oxygen atoms in total. The Labute approximate surface area is 165 Å². The third-order valence-electron chi connectivity index (χ3n) is 6.51. The summed E-state index contributed by atoms with van der Waals surface area (Å²) in [5.41, 5.74) is 2.72. The molecule has 2 fully saturated rings.